The number of amidine groups is 1. The lowest BCUT2D eigenvalue weighted by Gasteiger charge is -2.23. The van der Waals surface area contributed by atoms with E-state index in [1.54, 1.807) is 0 Å². The van der Waals surface area contributed by atoms with Gasteiger partial charge >= 0.3 is 5.97 Å². The summed E-state index contributed by atoms with van der Waals surface area (Å²) in [5.74, 6) is 0.267. The molecule has 6 rings (SSSR count). The Kier molecular flexibility index (Phi) is 6.17. The largest absolute Gasteiger partial charge is 0.457 e. The molecular weight excluding hydrogens is 480 g/mol. The number of ether oxygens (including phenoxy) is 1. The Bertz CT molecular complexity index is 1510. The Hall–Kier alpha value is -4.43. The van der Waals surface area contributed by atoms with Gasteiger partial charge in [-0.05, 0) is 65.8 Å². The van der Waals surface area contributed by atoms with Crippen LogP contribution in [0.25, 0.3) is 17.2 Å². The molecule has 38 heavy (non-hydrogen) atoms. The second-order valence-corrected chi connectivity index (χ2v) is 10.00. The van der Waals surface area contributed by atoms with Gasteiger partial charge < -0.3 is 16.2 Å². The summed E-state index contributed by atoms with van der Waals surface area (Å²) in [6.45, 7) is 1.08. The van der Waals surface area contributed by atoms with Crippen molar-refractivity contribution in [2.24, 2.45) is 16.6 Å². The van der Waals surface area contributed by atoms with Gasteiger partial charge in [0.1, 0.15) is 19.0 Å². The minimum absolute atomic E-state index is 0.215. The number of hydroxylamine groups is 2. The molecule has 192 valence electrons. The van der Waals surface area contributed by atoms with E-state index in [2.05, 4.69) is 4.99 Å². The number of benzene rings is 3. The third-order valence-corrected chi connectivity index (χ3v) is 6.98. The van der Waals surface area contributed by atoms with Gasteiger partial charge in [-0.15, -0.1) is 0 Å². The predicted octanol–water partition coefficient (Wildman–Crippen LogP) is 4.75. The number of cyclic esters (lactones) is 1. The molecule has 1 saturated carbocycles. The van der Waals surface area contributed by atoms with Crippen LogP contribution in [0.1, 0.15) is 46.3 Å². The Morgan fingerprint density at radius 1 is 1.05 bits per heavy atom. The first-order valence-electron chi connectivity index (χ1n) is 12.7. The van der Waals surface area contributed by atoms with Gasteiger partial charge in [0.2, 0.25) is 0 Å². The lowest BCUT2D eigenvalue weighted by Crippen LogP contribution is -2.35. The molecule has 2 aliphatic heterocycles. The van der Waals surface area contributed by atoms with Gasteiger partial charge in [0.05, 0.1) is 17.8 Å². The SMILES string of the molecule is NC1=Nc2cc(-c3ccc4c(c3)C(=O)OC4)ccc2C=C(C(=O)N(CC2CC2)OCc2cccc(N)c2)C1. The number of esters is 1. The third-order valence-electron chi connectivity index (χ3n) is 6.98. The van der Waals surface area contributed by atoms with Crippen LogP contribution in [0.3, 0.4) is 0 Å². The molecule has 0 atom stereocenters. The maximum absolute atomic E-state index is 13.6. The lowest BCUT2D eigenvalue weighted by atomic mass is 9.98. The number of amides is 1. The highest BCUT2D eigenvalue weighted by molar-refractivity contribution is 6.05. The van der Waals surface area contributed by atoms with E-state index >= 15 is 0 Å². The van der Waals surface area contributed by atoms with E-state index in [0.717, 1.165) is 40.7 Å². The van der Waals surface area contributed by atoms with E-state index in [4.69, 9.17) is 21.0 Å². The molecule has 3 aromatic carbocycles. The number of hydrogen-bond acceptors (Lipinski definition) is 7. The topological polar surface area (TPSA) is 120 Å². The molecule has 3 aliphatic rings. The van der Waals surface area contributed by atoms with E-state index < -0.39 is 0 Å². The van der Waals surface area contributed by atoms with Crippen molar-refractivity contribution in [3.05, 3.63) is 88.5 Å². The molecule has 0 saturated heterocycles. The van der Waals surface area contributed by atoms with Crippen molar-refractivity contribution < 1.29 is 19.2 Å². The average molecular weight is 509 g/mol. The Balaban J connectivity index is 1.26. The maximum Gasteiger partial charge on any atom is 0.338 e. The number of carbonyl (C=O) groups is 2. The molecule has 0 radical (unpaired) electrons. The molecule has 0 bridgehead atoms. The molecule has 1 amide bonds. The summed E-state index contributed by atoms with van der Waals surface area (Å²) in [4.78, 5) is 36.3. The predicted molar refractivity (Wildman–Crippen MR) is 145 cm³/mol. The smallest absolute Gasteiger partial charge is 0.338 e. The van der Waals surface area contributed by atoms with Crippen LogP contribution >= 0.6 is 0 Å². The lowest BCUT2D eigenvalue weighted by molar-refractivity contribution is -0.188. The number of nitrogen functional groups attached to an aromatic ring is 1. The van der Waals surface area contributed by atoms with Gasteiger partial charge in [0.25, 0.3) is 5.91 Å². The molecule has 3 aromatic rings. The Morgan fingerprint density at radius 3 is 2.68 bits per heavy atom. The van der Waals surface area contributed by atoms with Crippen LogP contribution in [0.2, 0.25) is 0 Å². The summed E-state index contributed by atoms with van der Waals surface area (Å²) in [7, 11) is 0. The molecule has 0 unspecified atom stereocenters. The number of carbonyl (C=O) groups excluding carboxylic acids is 2. The Labute approximate surface area is 220 Å². The molecule has 8 heteroatoms. The van der Waals surface area contributed by atoms with Crippen LogP contribution in [0, 0.1) is 5.92 Å². The van der Waals surface area contributed by atoms with Crippen LogP contribution in [0.15, 0.2) is 71.2 Å². The summed E-state index contributed by atoms with van der Waals surface area (Å²) in [6, 6.07) is 19.0. The summed E-state index contributed by atoms with van der Waals surface area (Å²) in [6.07, 6.45) is 4.23. The fourth-order valence-electron chi connectivity index (χ4n) is 4.73. The van der Waals surface area contributed by atoms with Crippen molar-refractivity contribution in [2.45, 2.75) is 32.5 Å². The first-order valence-corrected chi connectivity index (χ1v) is 12.7. The summed E-state index contributed by atoms with van der Waals surface area (Å²) >= 11 is 0. The van der Waals surface area contributed by atoms with Gasteiger partial charge in [-0.2, -0.15) is 0 Å². The number of rotatable bonds is 7. The van der Waals surface area contributed by atoms with Crippen molar-refractivity contribution >= 4 is 35.2 Å². The Morgan fingerprint density at radius 2 is 1.87 bits per heavy atom. The van der Waals surface area contributed by atoms with Gasteiger partial charge in [-0.3, -0.25) is 9.63 Å². The van der Waals surface area contributed by atoms with E-state index in [1.165, 1.54) is 5.06 Å². The summed E-state index contributed by atoms with van der Waals surface area (Å²) < 4.78 is 5.13. The zero-order chi connectivity index (χ0) is 26.2. The van der Waals surface area contributed by atoms with Crippen molar-refractivity contribution in [3.63, 3.8) is 0 Å². The van der Waals surface area contributed by atoms with E-state index in [9.17, 15) is 9.59 Å². The minimum Gasteiger partial charge on any atom is -0.457 e. The highest BCUT2D eigenvalue weighted by Crippen LogP contribution is 2.35. The standard InChI is InChI=1S/C30H28N4O4/c31-25-3-1-2-19(10-25)16-38-34(15-18-4-5-18)29(35)24-11-22-8-6-21(13-27(22)33-28(32)14-24)20-7-9-23-17-37-30(36)26(23)12-20/h1-3,6-13,18H,4-5,14-17,31H2,(H2,32,33). The van der Waals surface area contributed by atoms with Crippen molar-refractivity contribution in [1.29, 1.82) is 0 Å². The van der Waals surface area contributed by atoms with Gasteiger partial charge in [0.15, 0.2) is 0 Å². The summed E-state index contributed by atoms with van der Waals surface area (Å²) in [5, 5.41) is 1.46. The van der Waals surface area contributed by atoms with E-state index in [0.29, 0.717) is 47.4 Å². The monoisotopic (exact) mass is 508 g/mol. The number of nitrogens with two attached hydrogens (primary N) is 2. The van der Waals surface area contributed by atoms with E-state index in [-0.39, 0.29) is 24.9 Å². The van der Waals surface area contributed by atoms with Crippen molar-refractivity contribution in [2.75, 3.05) is 12.3 Å². The zero-order valence-electron chi connectivity index (χ0n) is 20.9. The molecule has 1 fully saturated rings. The molecule has 0 aromatic heterocycles. The van der Waals surface area contributed by atoms with Crippen LogP contribution in [-0.4, -0.2) is 29.3 Å². The highest BCUT2D eigenvalue weighted by Gasteiger charge is 2.30. The van der Waals surface area contributed by atoms with Crippen molar-refractivity contribution in [1.82, 2.24) is 5.06 Å². The van der Waals surface area contributed by atoms with Gasteiger partial charge in [-0.25, -0.2) is 14.9 Å². The van der Waals surface area contributed by atoms with Crippen LogP contribution < -0.4 is 11.5 Å². The zero-order valence-corrected chi connectivity index (χ0v) is 20.9. The fourth-order valence-corrected chi connectivity index (χ4v) is 4.73. The molecule has 4 N–H and O–H groups in total. The number of nitrogens with zero attached hydrogens (tertiary/aromatic N) is 2. The van der Waals surface area contributed by atoms with Crippen LogP contribution in [0.5, 0.6) is 0 Å². The van der Waals surface area contributed by atoms with Gasteiger partial charge in [-0.1, -0.05) is 36.4 Å². The molecule has 2 heterocycles. The fraction of sp³-hybridized carbons (Fsp3) is 0.233. The third kappa shape index (κ3) is 5.03. The maximum atomic E-state index is 13.6. The second kappa shape index (κ2) is 9.79. The quantitative estimate of drug-likeness (QED) is 0.270. The van der Waals surface area contributed by atoms with E-state index in [1.807, 2.05) is 66.7 Å². The number of aliphatic imine (C=N–C) groups is 1. The average Bonchev–Trinajstić information content (AvgIpc) is 3.69. The molecule has 8 nitrogen and oxygen atoms in total. The second-order valence-electron chi connectivity index (χ2n) is 10.00. The first-order chi connectivity index (χ1) is 18.4. The highest BCUT2D eigenvalue weighted by atomic mass is 16.7. The van der Waals surface area contributed by atoms with Crippen LogP contribution in [-0.2, 0) is 27.6 Å². The summed E-state index contributed by atoms with van der Waals surface area (Å²) in [5.41, 5.74) is 18.9. The molecule has 1 aliphatic carbocycles. The normalized spacial score (nSPS) is 16.1. The number of fused-ring (bicyclic) bond motifs is 2. The number of hydrogen-bond donors (Lipinski definition) is 2. The molecular formula is C30H28N4O4. The molecule has 0 spiro atoms. The van der Waals surface area contributed by atoms with Gasteiger partial charge in [0, 0.05) is 28.8 Å². The van der Waals surface area contributed by atoms with Crippen LogP contribution in [0.4, 0.5) is 11.4 Å². The first kappa shape index (κ1) is 23.9. The minimum atomic E-state index is -0.307. The van der Waals surface area contributed by atoms with Crippen molar-refractivity contribution in [3.8, 4) is 11.1 Å². The number of anilines is 1.